The number of halogens is 2. The average Bonchev–Trinajstić information content (AvgIpc) is 2.76. The van der Waals surface area contributed by atoms with E-state index in [1.54, 1.807) is 17.9 Å². The normalized spacial score (nSPS) is 13.9. The molecule has 0 saturated carbocycles. The van der Waals surface area contributed by atoms with E-state index in [0.717, 1.165) is 0 Å². The van der Waals surface area contributed by atoms with Crippen molar-refractivity contribution in [2.75, 3.05) is 23.7 Å². The van der Waals surface area contributed by atoms with E-state index in [1.807, 2.05) is 6.07 Å². The number of anilines is 2. The lowest BCUT2D eigenvalue weighted by Gasteiger charge is -2.31. The largest absolute Gasteiger partial charge is 0.338 e. The molecular formula is C21H20BrFN6O2. The lowest BCUT2D eigenvalue weighted by molar-refractivity contribution is -0.117. The Morgan fingerprint density at radius 3 is 2.58 bits per heavy atom. The molecule has 0 radical (unpaired) electrons. The lowest BCUT2D eigenvalue weighted by atomic mass is 9.92. The minimum atomic E-state index is -0.430. The second kappa shape index (κ2) is 9.66. The third-order valence-corrected chi connectivity index (χ3v) is 5.63. The third kappa shape index (κ3) is 5.44. The average molecular weight is 487 g/mol. The summed E-state index contributed by atoms with van der Waals surface area (Å²) < 4.78 is 13.6. The first-order valence-electron chi connectivity index (χ1n) is 9.56. The molecule has 0 atom stereocenters. The van der Waals surface area contributed by atoms with Gasteiger partial charge in [0.05, 0.1) is 16.4 Å². The van der Waals surface area contributed by atoms with E-state index in [4.69, 9.17) is 10.7 Å². The number of urea groups is 1. The maximum atomic E-state index is 13.3. The van der Waals surface area contributed by atoms with Crippen LogP contribution in [-0.2, 0) is 4.79 Å². The number of likely N-dealkylation sites (tertiary alicyclic amines) is 1. The molecule has 1 saturated heterocycles. The Balaban J connectivity index is 1.52. The van der Waals surface area contributed by atoms with Gasteiger partial charge in [0, 0.05) is 24.7 Å². The second-order valence-electron chi connectivity index (χ2n) is 7.19. The summed E-state index contributed by atoms with van der Waals surface area (Å²) in [4.78, 5) is 30.7. The number of pyridine rings is 1. The van der Waals surface area contributed by atoms with E-state index in [2.05, 4.69) is 31.5 Å². The first-order valence-corrected chi connectivity index (χ1v) is 10.3. The molecule has 1 aliphatic rings. The van der Waals surface area contributed by atoms with Crippen molar-refractivity contribution in [1.29, 1.82) is 10.7 Å². The molecule has 0 bridgehead atoms. The Morgan fingerprint density at radius 2 is 1.97 bits per heavy atom. The van der Waals surface area contributed by atoms with Gasteiger partial charge in [0.25, 0.3) is 0 Å². The molecule has 2 heterocycles. The highest BCUT2D eigenvalue weighted by Gasteiger charge is 2.29. The number of carbonyl (C=O) groups excluding carboxylic acids is 2. The van der Waals surface area contributed by atoms with Gasteiger partial charge in [-0.1, -0.05) is 0 Å². The highest BCUT2D eigenvalue weighted by molar-refractivity contribution is 9.10. The Bertz CT molecular complexity index is 1080. The number of amides is 2. The van der Waals surface area contributed by atoms with Crippen LogP contribution in [0.4, 0.5) is 20.6 Å². The maximum Gasteiger partial charge on any atom is 0.321 e. The number of aromatic nitrogens is 1. The summed E-state index contributed by atoms with van der Waals surface area (Å²) in [5.41, 5.74) is 1.91. The zero-order chi connectivity index (χ0) is 22.5. The summed E-state index contributed by atoms with van der Waals surface area (Å²) in [7, 11) is 0. The topological polar surface area (TPSA) is 122 Å². The summed E-state index contributed by atoms with van der Waals surface area (Å²) in [5, 5.41) is 22.4. The highest BCUT2D eigenvalue weighted by Crippen LogP contribution is 2.23. The van der Waals surface area contributed by atoms with Gasteiger partial charge < -0.3 is 15.5 Å². The van der Waals surface area contributed by atoms with E-state index in [1.165, 1.54) is 24.4 Å². The molecule has 160 valence electrons. The number of benzene rings is 1. The van der Waals surface area contributed by atoms with E-state index >= 15 is 0 Å². The third-order valence-electron chi connectivity index (χ3n) is 5.02. The Kier molecular flexibility index (Phi) is 6.97. The minimum absolute atomic E-state index is 0.240. The fourth-order valence-electron chi connectivity index (χ4n) is 3.29. The van der Waals surface area contributed by atoms with Gasteiger partial charge in [-0.25, -0.2) is 14.2 Å². The lowest BCUT2D eigenvalue weighted by Crippen LogP contribution is -2.44. The Morgan fingerprint density at radius 1 is 1.26 bits per heavy atom. The van der Waals surface area contributed by atoms with Gasteiger partial charge in [0.2, 0.25) is 5.78 Å². The fourth-order valence-corrected chi connectivity index (χ4v) is 3.67. The van der Waals surface area contributed by atoms with Gasteiger partial charge >= 0.3 is 6.03 Å². The molecule has 1 aromatic carbocycles. The number of Topliss-reactive ketones (excluding diaryl/α,β-unsaturated/α-hetero) is 1. The van der Waals surface area contributed by atoms with Crippen molar-refractivity contribution >= 4 is 45.0 Å². The van der Waals surface area contributed by atoms with Gasteiger partial charge in [0.15, 0.2) is 5.84 Å². The first kappa shape index (κ1) is 22.4. The number of carbonyl (C=O) groups is 2. The number of piperidine rings is 1. The zero-order valence-corrected chi connectivity index (χ0v) is 18.3. The number of rotatable bonds is 4. The van der Waals surface area contributed by atoms with Crippen LogP contribution in [0.2, 0.25) is 0 Å². The number of ketones is 1. The molecule has 2 amide bonds. The number of amidine groups is 1. The van der Waals surface area contributed by atoms with Gasteiger partial charge in [-0.2, -0.15) is 5.26 Å². The standard InChI is InChI=1S/C21H20BrFN6O2/c1-12-8-15(11-26-18(12)10-24)28-21(31)29-6-4-13(5-7-29)19(30)20(25)27-14-2-3-17(23)16(22)9-14/h2-3,8-9,11,13H,4-7H2,1H3,(H2,25,27)(H,28,31). The number of aryl methyl sites for hydroxylation is 1. The number of nitrogens with zero attached hydrogens (tertiary/aromatic N) is 3. The van der Waals surface area contributed by atoms with E-state index < -0.39 is 5.82 Å². The molecule has 10 heteroatoms. The van der Waals surface area contributed by atoms with Gasteiger partial charge in [-0.05, 0) is 65.5 Å². The molecule has 31 heavy (non-hydrogen) atoms. The monoisotopic (exact) mass is 486 g/mol. The van der Waals surface area contributed by atoms with Crippen LogP contribution in [0, 0.1) is 35.4 Å². The van der Waals surface area contributed by atoms with Crippen LogP contribution in [0.15, 0.2) is 34.9 Å². The Hall–Kier alpha value is -3.32. The van der Waals surface area contributed by atoms with Crippen LogP contribution in [0.1, 0.15) is 24.1 Å². The molecule has 3 rings (SSSR count). The van der Waals surface area contributed by atoms with E-state index in [0.29, 0.717) is 48.6 Å². The van der Waals surface area contributed by atoms with Gasteiger partial charge in [0.1, 0.15) is 17.6 Å². The molecular weight excluding hydrogens is 467 g/mol. The highest BCUT2D eigenvalue weighted by atomic mass is 79.9. The summed E-state index contributed by atoms with van der Waals surface area (Å²) in [6.45, 7) is 2.49. The molecule has 0 spiro atoms. The van der Waals surface area contributed by atoms with E-state index in [9.17, 15) is 14.0 Å². The molecule has 1 aromatic heterocycles. The van der Waals surface area contributed by atoms with Crippen LogP contribution < -0.4 is 10.6 Å². The van der Waals surface area contributed by atoms with Crippen molar-refractivity contribution < 1.29 is 14.0 Å². The van der Waals surface area contributed by atoms with Crippen molar-refractivity contribution in [1.82, 2.24) is 9.88 Å². The van der Waals surface area contributed by atoms with Crippen molar-refractivity contribution in [3.8, 4) is 6.07 Å². The van der Waals surface area contributed by atoms with Crippen molar-refractivity contribution in [3.05, 3.63) is 52.0 Å². The van der Waals surface area contributed by atoms with Crippen molar-refractivity contribution in [2.24, 2.45) is 5.92 Å². The van der Waals surface area contributed by atoms with Crippen molar-refractivity contribution in [2.45, 2.75) is 19.8 Å². The molecule has 1 fully saturated rings. The number of hydrogen-bond acceptors (Lipinski definition) is 5. The van der Waals surface area contributed by atoms with Crippen LogP contribution in [-0.4, -0.2) is 40.6 Å². The van der Waals surface area contributed by atoms with Crippen LogP contribution >= 0.6 is 15.9 Å². The minimum Gasteiger partial charge on any atom is -0.338 e. The molecule has 8 nitrogen and oxygen atoms in total. The van der Waals surface area contributed by atoms with Crippen LogP contribution in [0.3, 0.4) is 0 Å². The SMILES string of the molecule is Cc1cc(NC(=O)N2CCC(C(=O)C(=N)Nc3ccc(F)c(Br)c3)CC2)cnc1C#N. The first-order chi connectivity index (χ1) is 14.8. The number of nitriles is 1. The predicted octanol–water partition coefficient (Wildman–Crippen LogP) is 4.07. The van der Waals surface area contributed by atoms with Crippen molar-refractivity contribution in [3.63, 3.8) is 0 Å². The molecule has 3 N–H and O–H groups in total. The summed E-state index contributed by atoms with van der Waals surface area (Å²) in [6, 6.07) is 7.51. The summed E-state index contributed by atoms with van der Waals surface area (Å²) in [6.07, 6.45) is 2.31. The quantitative estimate of drug-likeness (QED) is 0.444. The maximum absolute atomic E-state index is 13.3. The van der Waals surface area contributed by atoms with Gasteiger partial charge in [-0.3, -0.25) is 10.2 Å². The van der Waals surface area contributed by atoms with Crippen LogP contribution in [0.25, 0.3) is 0 Å². The number of nitrogens with one attached hydrogen (secondary N) is 3. The van der Waals surface area contributed by atoms with E-state index in [-0.39, 0.29) is 28.0 Å². The summed E-state index contributed by atoms with van der Waals surface area (Å²) >= 11 is 3.07. The summed E-state index contributed by atoms with van der Waals surface area (Å²) in [5.74, 6) is -1.40. The van der Waals surface area contributed by atoms with Crippen LogP contribution in [0.5, 0.6) is 0 Å². The fraction of sp³-hybridized carbons (Fsp3) is 0.286. The molecule has 0 aliphatic carbocycles. The molecule has 1 aliphatic heterocycles. The zero-order valence-electron chi connectivity index (χ0n) is 16.7. The second-order valence-corrected chi connectivity index (χ2v) is 8.04. The van der Waals surface area contributed by atoms with Gasteiger partial charge in [-0.15, -0.1) is 0 Å². The number of hydrogen-bond donors (Lipinski definition) is 3. The Labute approximate surface area is 187 Å². The molecule has 2 aromatic rings. The predicted molar refractivity (Wildman–Crippen MR) is 117 cm³/mol. The molecule has 0 unspecified atom stereocenters. The smallest absolute Gasteiger partial charge is 0.321 e.